The molecule has 0 fully saturated rings. The number of rotatable bonds is 1. The number of nitrogens with zero attached hydrogens (tertiary/aromatic N) is 1. The first kappa shape index (κ1) is 8.55. The van der Waals surface area contributed by atoms with Gasteiger partial charge in [-0.15, -0.1) is 0 Å². The molecule has 2 N–H and O–H groups in total. The highest BCUT2D eigenvalue weighted by atomic mass is 16.3. The normalized spacial score (nSPS) is 10.6. The third-order valence-electron chi connectivity index (χ3n) is 2.05. The number of nitrogens with two attached hydrogens (primary N) is 1. The highest BCUT2D eigenvalue weighted by Crippen LogP contribution is 2.15. The molecular formula is C9H8N2O3. The van der Waals surface area contributed by atoms with E-state index < -0.39 is 5.91 Å². The van der Waals surface area contributed by atoms with Crippen molar-refractivity contribution in [2.45, 2.75) is 0 Å². The molecule has 5 heteroatoms. The maximum atomic E-state index is 11.5. The van der Waals surface area contributed by atoms with Crippen molar-refractivity contribution in [1.82, 2.24) is 4.57 Å². The molecule has 72 valence electrons. The van der Waals surface area contributed by atoms with Crippen LogP contribution in [0.4, 0.5) is 0 Å². The maximum Gasteiger partial charge on any atom is 0.261 e. The molecule has 0 atom stereocenters. The first-order valence-electron chi connectivity index (χ1n) is 3.98. The first-order chi connectivity index (χ1) is 6.61. The van der Waals surface area contributed by atoms with Gasteiger partial charge in [-0.25, -0.2) is 0 Å². The van der Waals surface area contributed by atoms with E-state index in [0.717, 1.165) is 0 Å². The first-order valence-corrected chi connectivity index (χ1v) is 3.98. The molecule has 14 heavy (non-hydrogen) atoms. The van der Waals surface area contributed by atoms with Crippen LogP contribution in [-0.2, 0) is 7.05 Å². The Kier molecular flexibility index (Phi) is 1.67. The van der Waals surface area contributed by atoms with Gasteiger partial charge in [-0.3, -0.25) is 9.59 Å². The average Bonchev–Trinajstić information content (AvgIpc) is 2.59. The minimum atomic E-state index is -0.611. The number of carbonyl (C=O) groups is 1. The Morgan fingerprint density at radius 3 is 2.93 bits per heavy atom. The van der Waals surface area contributed by atoms with Gasteiger partial charge in [0.15, 0.2) is 5.58 Å². The van der Waals surface area contributed by atoms with E-state index in [1.165, 1.54) is 23.1 Å². The molecule has 2 heterocycles. The molecule has 0 radical (unpaired) electrons. The summed E-state index contributed by atoms with van der Waals surface area (Å²) in [6, 6.07) is 1.52. The largest absolute Gasteiger partial charge is 0.463 e. The second-order valence-corrected chi connectivity index (χ2v) is 2.99. The van der Waals surface area contributed by atoms with Gasteiger partial charge in [0.1, 0.15) is 0 Å². The quantitative estimate of drug-likeness (QED) is 0.702. The summed E-state index contributed by atoms with van der Waals surface area (Å²) in [5.74, 6) is -0.611. The number of amides is 1. The summed E-state index contributed by atoms with van der Waals surface area (Å²) in [4.78, 5) is 22.5. The van der Waals surface area contributed by atoms with Gasteiger partial charge < -0.3 is 14.7 Å². The Labute approximate surface area is 78.7 Å². The summed E-state index contributed by atoms with van der Waals surface area (Å²) in [6.45, 7) is 0. The van der Waals surface area contributed by atoms with Crippen LogP contribution in [0.5, 0.6) is 0 Å². The lowest BCUT2D eigenvalue weighted by Gasteiger charge is -2.00. The van der Waals surface area contributed by atoms with Gasteiger partial charge in [-0.1, -0.05) is 0 Å². The lowest BCUT2D eigenvalue weighted by atomic mass is 10.2. The van der Waals surface area contributed by atoms with Crippen LogP contribution in [0.2, 0.25) is 0 Å². The zero-order chi connectivity index (χ0) is 10.3. The minimum Gasteiger partial charge on any atom is -0.463 e. The maximum absolute atomic E-state index is 11.5. The molecule has 0 aliphatic rings. The summed E-state index contributed by atoms with van der Waals surface area (Å²) in [6.07, 6.45) is 2.73. The molecule has 0 saturated heterocycles. The Hall–Kier alpha value is -2.04. The van der Waals surface area contributed by atoms with E-state index in [0.29, 0.717) is 5.39 Å². The number of pyridine rings is 1. The van der Waals surface area contributed by atoms with Gasteiger partial charge in [0, 0.05) is 13.2 Å². The highest BCUT2D eigenvalue weighted by molar-refractivity contribution is 6.03. The van der Waals surface area contributed by atoms with Crippen LogP contribution < -0.4 is 11.3 Å². The lowest BCUT2D eigenvalue weighted by molar-refractivity contribution is 0.1000. The molecule has 0 saturated carbocycles. The van der Waals surface area contributed by atoms with Crippen molar-refractivity contribution in [3.8, 4) is 0 Å². The van der Waals surface area contributed by atoms with E-state index in [4.69, 9.17) is 10.2 Å². The standard InChI is InChI=1S/C9H8N2O3/c1-11-4-6(8(10)12)7-5(9(11)13)2-3-14-7/h2-4H,1H3,(H2,10,12). The van der Waals surface area contributed by atoms with Crippen LogP contribution in [0, 0.1) is 0 Å². The van der Waals surface area contributed by atoms with Crippen LogP contribution in [0.25, 0.3) is 11.0 Å². The Morgan fingerprint density at radius 1 is 1.57 bits per heavy atom. The Morgan fingerprint density at radius 2 is 2.29 bits per heavy atom. The average molecular weight is 192 g/mol. The fraction of sp³-hybridized carbons (Fsp3) is 0.111. The number of primary amides is 1. The molecular weight excluding hydrogens is 184 g/mol. The highest BCUT2D eigenvalue weighted by Gasteiger charge is 2.13. The van der Waals surface area contributed by atoms with Crippen molar-refractivity contribution in [3.05, 3.63) is 34.4 Å². The summed E-state index contributed by atoms with van der Waals surface area (Å²) in [5.41, 5.74) is 5.40. The van der Waals surface area contributed by atoms with Crippen molar-refractivity contribution in [1.29, 1.82) is 0 Å². The molecule has 2 rings (SSSR count). The van der Waals surface area contributed by atoms with Gasteiger partial charge in [0.2, 0.25) is 0 Å². The van der Waals surface area contributed by atoms with Crippen LogP contribution in [0.15, 0.2) is 27.7 Å². The van der Waals surface area contributed by atoms with Crippen LogP contribution in [0.1, 0.15) is 10.4 Å². The molecule has 0 bridgehead atoms. The second kappa shape index (κ2) is 2.73. The molecule has 0 aromatic carbocycles. The Bertz CT molecular complexity index is 565. The number of aromatic nitrogens is 1. The number of hydrogen-bond acceptors (Lipinski definition) is 3. The summed E-state index contributed by atoms with van der Waals surface area (Å²) < 4.78 is 6.34. The molecule has 2 aromatic heterocycles. The van der Waals surface area contributed by atoms with E-state index in [1.807, 2.05) is 0 Å². The molecule has 0 unspecified atom stereocenters. The Balaban J connectivity index is 2.99. The predicted octanol–water partition coefficient (Wildman–Crippen LogP) is 0.230. The van der Waals surface area contributed by atoms with Crippen LogP contribution >= 0.6 is 0 Å². The van der Waals surface area contributed by atoms with Crippen molar-refractivity contribution in [2.75, 3.05) is 0 Å². The fourth-order valence-corrected chi connectivity index (χ4v) is 1.36. The number of aryl methyl sites for hydroxylation is 1. The zero-order valence-electron chi connectivity index (χ0n) is 7.48. The van der Waals surface area contributed by atoms with Gasteiger partial charge in [0.05, 0.1) is 17.2 Å². The zero-order valence-corrected chi connectivity index (χ0v) is 7.48. The lowest BCUT2D eigenvalue weighted by Crippen LogP contribution is -2.20. The fourth-order valence-electron chi connectivity index (χ4n) is 1.36. The molecule has 0 aliphatic heterocycles. The molecule has 2 aromatic rings. The van der Waals surface area contributed by atoms with E-state index in [-0.39, 0.29) is 16.7 Å². The second-order valence-electron chi connectivity index (χ2n) is 2.99. The molecule has 5 nitrogen and oxygen atoms in total. The monoisotopic (exact) mass is 192 g/mol. The topological polar surface area (TPSA) is 78.2 Å². The van der Waals surface area contributed by atoms with Gasteiger partial charge in [0.25, 0.3) is 11.5 Å². The number of carbonyl (C=O) groups excluding carboxylic acids is 1. The van der Waals surface area contributed by atoms with Crippen molar-refractivity contribution < 1.29 is 9.21 Å². The van der Waals surface area contributed by atoms with Crippen LogP contribution in [0.3, 0.4) is 0 Å². The molecule has 1 amide bonds. The summed E-state index contributed by atoms with van der Waals surface area (Å²) in [5, 5.41) is 0.365. The van der Waals surface area contributed by atoms with E-state index >= 15 is 0 Å². The summed E-state index contributed by atoms with van der Waals surface area (Å²) in [7, 11) is 1.56. The van der Waals surface area contributed by atoms with E-state index in [1.54, 1.807) is 7.05 Å². The van der Waals surface area contributed by atoms with E-state index in [9.17, 15) is 9.59 Å². The number of furan rings is 1. The van der Waals surface area contributed by atoms with Crippen LogP contribution in [-0.4, -0.2) is 10.5 Å². The SMILES string of the molecule is Cn1cc(C(N)=O)c2occc2c1=O. The molecule has 0 spiro atoms. The van der Waals surface area contributed by atoms with Crippen molar-refractivity contribution in [3.63, 3.8) is 0 Å². The minimum absolute atomic E-state index is 0.209. The smallest absolute Gasteiger partial charge is 0.261 e. The third-order valence-corrected chi connectivity index (χ3v) is 2.05. The van der Waals surface area contributed by atoms with Crippen molar-refractivity contribution in [2.24, 2.45) is 12.8 Å². The third kappa shape index (κ3) is 1.02. The van der Waals surface area contributed by atoms with Gasteiger partial charge in [-0.05, 0) is 6.07 Å². The summed E-state index contributed by atoms with van der Waals surface area (Å²) >= 11 is 0. The number of hydrogen-bond donors (Lipinski definition) is 1. The predicted molar refractivity (Wildman–Crippen MR) is 50.0 cm³/mol. The van der Waals surface area contributed by atoms with Gasteiger partial charge >= 0.3 is 0 Å². The number of fused-ring (bicyclic) bond motifs is 1. The molecule has 0 aliphatic carbocycles. The van der Waals surface area contributed by atoms with E-state index in [2.05, 4.69) is 0 Å². The van der Waals surface area contributed by atoms with Gasteiger partial charge in [-0.2, -0.15) is 0 Å². The van der Waals surface area contributed by atoms with Crippen molar-refractivity contribution >= 4 is 16.9 Å².